The van der Waals surface area contributed by atoms with E-state index in [1.165, 1.54) is 0 Å². The molecule has 6 nitrogen and oxygen atoms in total. The number of carboxylic acid groups (broad SMARTS) is 1. The van der Waals surface area contributed by atoms with Crippen LogP contribution < -0.4 is 0 Å². The van der Waals surface area contributed by atoms with Crippen molar-refractivity contribution in [2.75, 3.05) is 6.61 Å². The lowest BCUT2D eigenvalue weighted by atomic mass is 9.79. The lowest BCUT2D eigenvalue weighted by Gasteiger charge is -2.21. The fourth-order valence-corrected chi connectivity index (χ4v) is 2.68. The zero-order valence-corrected chi connectivity index (χ0v) is 9.42. The Bertz CT molecular complexity index is 380. The number of epoxide rings is 2. The quantitative estimate of drug-likeness (QED) is 0.549. The fourth-order valence-electron chi connectivity index (χ4n) is 2.68. The summed E-state index contributed by atoms with van der Waals surface area (Å²) >= 11 is 0. The van der Waals surface area contributed by atoms with Gasteiger partial charge in [0.25, 0.3) is 0 Å². The van der Waals surface area contributed by atoms with Crippen molar-refractivity contribution in [1.29, 1.82) is 0 Å². The molecule has 6 heteroatoms. The Morgan fingerprint density at radius 2 is 2.29 bits per heavy atom. The summed E-state index contributed by atoms with van der Waals surface area (Å²) in [4.78, 5) is 23.1. The minimum atomic E-state index is -1.39. The molecule has 17 heavy (non-hydrogen) atoms. The lowest BCUT2D eigenvalue weighted by molar-refractivity contribution is -0.160. The van der Waals surface area contributed by atoms with Crippen molar-refractivity contribution < 1.29 is 28.9 Å². The first kappa shape index (κ1) is 11.0. The van der Waals surface area contributed by atoms with E-state index in [2.05, 4.69) is 0 Å². The Hall–Kier alpha value is -1.14. The van der Waals surface area contributed by atoms with E-state index in [0.29, 0.717) is 19.4 Å². The minimum Gasteiger partial charge on any atom is -0.479 e. The predicted octanol–water partition coefficient (Wildman–Crippen LogP) is -0.0509. The van der Waals surface area contributed by atoms with Gasteiger partial charge in [-0.05, 0) is 12.8 Å². The first-order valence-electron chi connectivity index (χ1n) is 5.84. The second-order valence-corrected chi connectivity index (χ2v) is 4.73. The van der Waals surface area contributed by atoms with E-state index >= 15 is 0 Å². The topological polar surface area (TPSA) is 88.7 Å². The monoisotopic (exact) mass is 242 g/mol. The Balaban J connectivity index is 1.78. The smallest absolute Gasteiger partial charge is 0.339 e. The number of ether oxygens (including phenoxy) is 3. The molecule has 0 aromatic rings. The van der Waals surface area contributed by atoms with E-state index in [1.54, 1.807) is 0 Å². The molecule has 5 unspecified atom stereocenters. The second-order valence-electron chi connectivity index (χ2n) is 4.73. The zero-order valence-electron chi connectivity index (χ0n) is 9.42. The maximum absolute atomic E-state index is 11.8. The highest BCUT2D eigenvalue weighted by Gasteiger charge is 2.80. The van der Waals surface area contributed by atoms with Gasteiger partial charge in [-0.3, -0.25) is 4.79 Å². The molecular weight excluding hydrogens is 228 g/mol. The van der Waals surface area contributed by atoms with Gasteiger partial charge in [0, 0.05) is 0 Å². The molecule has 0 spiro atoms. The van der Waals surface area contributed by atoms with Gasteiger partial charge >= 0.3 is 11.9 Å². The van der Waals surface area contributed by atoms with Gasteiger partial charge in [0.05, 0.1) is 12.7 Å². The summed E-state index contributed by atoms with van der Waals surface area (Å²) in [6, 6.07) is 0. The molecule has 2 aliphatic heterocycles. The van der Waals surface area contributed by atoms with Crippen molar-refractivity contribution in [3.63, 3.8) is 0 Å². The van der Waals surface area contributed by atoms with Gasteiger partial charge in [-0.15, -0.1) is 0 Å². The zero-order chi connectivity index (χ0) is 12.2. The number of fused-ring (bicyclic) bond motifs is 3. The third kappa shape index (κ3) is 1.40. The van der Waals surface area contributed by atoms with Crippen LogP contribution in [0.3, 0.4) is 0 Å². The van der Waals surface area contributed by atoms with Crippen molar-refractivity contribution in [2.24, 2.45) is 5.92 Å². The molecule has 3 rings (SSSR count). The third-order valence-corrected chi connectivity index (χ3v) is 3.66. The maximum atomic E-state index is 11.8. The number of carbonyl (C=O) groups excluding carboxylic acids is 1. The molecule has 0 amide bonds. The van der Waals surface area contributed by atoms with Crippen molar-refractivity contribution in [2.45, 2.75) is 43.7 Å². The summed E-state index contributed by atoms with van der Waals surface area (Å²) in [6.45, 7) is 2.20. The molecule has 2 saturated heterocycles. The van der Waals surface area contributed by atoms with Crippen molar-refractivity contribution in [3.05, 3.63) is 0 Å². The molecule has 0 aromatic heterocycles. The van der Waals surface area contributed by atoms with Crippen LogP contribution in [0.25, 0.3) is 0 Å². The van der Waals surface area contributed by atoms with Crippen LogP contribution in [0.5, 0.6) is 0 Å². The molecule has 5 atom stereocenters. The molecule has 0 aromatic carbocycles. The van der Waals surface area contributed by atoms with Gasteiger partial charge in [-0.1, -0.05) is 6.92 Å². The Labute approximate surface area is 97.8 Å². The van der Waals surface area contributed by atoms with Gasteiger partial charge in [-0.2, -0.15) is 0 Å². The predicted molar refractivity (Wildman–Crippen MR) is 53.3 cm³/mol. The molecule has 3 fully saturated rings. The van der Waals surface area contributed by atoms with Crippen LogP contribution in [0.2, 0.25) is 0 Å². The molecule has 94 valence electrons. The van der Waals surface area contributed by atoms with E-state index < -0.39 is 29.6 Å². The van der Waals surface area contributed by atoms with Crippen LogP contribution >= 0.6 is 0 Å². The van der Waals surface area contributed by atoms with Crippen LogP contribution in [0.15, 0.2) is 0 Å². The Morgan fingerprint density at radius 1 is 1.53 bits per heavy atom. The first-order valence-corrected chi connectivity index (χ1v) is 5.84. The highest BCUT2D eigenvalue weighted by Crippen LogP contribution is 2.58. The number of esters is 1. The van der Waals surface area contributed by atoms with Crippen LogP contribution in [0.1, 0.15) is 19.8 Å². The fraction of sp³-hybridized carbons (Fsp3) is 0.818. The van der Waals surface area contributed by atoms with Crippen molar-refractivity contribution in [3.8, 4) is 0 Å². The average molecular weight is 242 g/mol. The van der Waals surface area contributed by atoms with E-state index in [1.807, 2.05) is 6.92 Å². The first-order chi connectivity index (χ1) is 8.11. The average Bonchev–Trinajstić information content (AvgIpc) is 3.12. The number of carbonyl (C=O) groups is 2. The molecule has 2 heterocycles. The van der Waals surface area contributed by atoms with Gasteiger partial charge in [0.1, 0.15) is 18.1 Å². The maximum Gasteiger partial charge on any atom is 0.339 e. The van der Waals surface area contributed by atoms with Gasteiger partial charge in [0.15, 0.2) is 0 Å². The van der Waals surface area contributed by atoms with Gasteiger partial charge in [-0.25, -0.2) is 4.79 Å². The van der Waals surface area contributed by atoms with Gasteiger partial charge in [0.2, 0.25) is 5.60 Å². The second kappa shape index (κ2) is 3.43. The Morgan fingerprint density at radius 3 is 2.94 bits per heavy atom. The van der Waals surface area contributed by atoms with Crippen LogP contribution in [-0.2, 0) is 23.8 Å². The summed E-state index contributed by atoms with van der Waals surface area (Å²) < 4.78 is 15.6. The van der Waals surface area contributed by atoms with Crippen LogP contribution in [0, 0.1) is 5.92 Å². The van der Waals surface area contributed by atoms with Crippen molar-refractivity contribution >= 4 is 11.9 Å². The SMILES string of the molecule is CCCOC(=O)C1CC2OC2C2OC12C(=O)O. The largest absolute Gasteiger partial charge is 0.479 e. The summed E-state index contributed by atoms with van der Waals surface area (Å²) in [5.41, 5.74) is -1.39. The number of aliphatic carboxylic acids is 1. The number of hydrogen-bond acceptors (Lipinski definition) is 5. The van der Waals surface area contributed by atoms with E-state index in [9.17, 15) is 14.7 Å². The van der Waals surface area contributed by atoms with Crippen LogP contribution in [-0.4, -0.2) is 47.6 Å². The summed E-state index contributed by atoms with van der Waals surface area (Å²) in [5, 5.41) is 9.23. The highest BCUT2D eigenvalue weighted by atomic mass is 16.7. The van der Waals surface area contributed by atoms with Crippen molar-refractivity contribution in [1.82, 2.24) is 0 Å². The van der Waals surface area contributed by atoms with E-state index in [4.69, 9.17) is 14.2 Å². The molecule has 0 radical (unpaired) electrons. The molecular formula is C11H14O6. The van der Waals surface area contributed by atoms with E-state index in [-0.39, 0.29) is 12.2 Å². The summed E-state index contributed by atoms with van der Waals surface area (Å²) in [7, 11) is 0. The minimum absolute atomic E-state index is 0.0332. The molecule has 0 bridgehead atoms. The van der Waals surface area contributed by atoms with Crippen LogP contribution in [0.4, 0.5) is 0 Å². The third-order valence-electron chi connectivity index (χ3n) is 3.66. The number of rotatable bonds is 4. The molecule has 1 saturated carbocycles. The number of hydrogen-bond donors (Lipinski definition) is 1. The standard InChI is InChI=1S/C11H14O6/c1-2-3-15-9(12)5-4-6-7(16-6)8-11(5,17-8)10(13)14/h5-8H,2-4H2,1H3,(H,13,14). The number of carboxylic acids is 1. The van der Waals surface area contributed by atoms with Gasteiger partial charge < -0.3 is 19.3 Å². The normalized spacial score (nSPS) is 45.5. The molecule has 1 N–H and O–H groups in total. The molecule has 1 aliphatic carbocycles. The Kier molecular flexibility index (Phi) is 2.21. The van der Waals surface area contributed by atoms with E-state index in [0.717, 1.165) is 0 Å². The molecule has 3 aliphatic rings. The lowest BCUT2D eigenvalue weighted by Crippen LogP contribution is -2.45. The summed E-state index contributed by atoms with van der Waals surface area (Å²) in [5.74, 6) is -2.30. The summed E-state index contributed by atoms with van der Waals surface area (Å²) in [6.07, 6.45) is 0.454. The highest BCUT2D eigenvalue weighted by molar-refractivity contribution is 5.90.